The van der Waals surface area contributed by atoms with Crippen LogP contribution >= 0.6 is 7.82 Å². The summed E-state index contributed by atoms with van der Waals surface area (Å²) in [7, 11) is 1.17. The van der Waals surface area contributed by atoms with Crippen LogP contribution < -0.4 is 4.89 Å². The molecule has 0 N–H and O–H groups in total. The van der Waals surface area contributed by atoms with Gasteiger partial charge in [-0.1, -0.05) is 229 Å². The van der Waals surface area contributed by atoms with Gasteiger partial charge in [0.2, 0.25) is 0 Å². The van der Waals surface area contributed by atoms with Crippen LogP contribution in [-0.4, -0.2) is 70.0 Å². The summed E-state index contributed by atoms with van der Waals surface area (Å²) in [5.41, 5.74) is 0. The van der Waals surface area contributed by atoms with E-state index in [2.05, 4.69) is 62.5 Å². The predicted octanol–water partition coefficient (Wildman–Crippen LogP) is 17.5. The average Bonchev–Trinajstić information content (AvgIpc) is 3.32. The lowest BCUT2D eigenvalue weighted by Gasteiger charge is -2.28. The molecule has 0 bridgehead atoms. The van der Waals surface area contributed by atoms with Crippen LogP contribution in [0.25, 0.3) is 0 Å². The first-order chi connectivity index (χ1) is 34.0. The minimum absolute atomic E-state index is 0.0323. The second kappa shape index (κ2) is 51.9. The number of rotatable bonds is 54. The van der Waals surface area contributed by atoms with Crippen molar-refractivity contribution in [2.45, 2.75) is 277 Å². The molecule has 0 rings (SSSR count). The molecule has 0 aromatic carbocycles. The third kappa shape index (κ3) is 55.3. The molecule has 0 amide bonds. The summed E-state index contributed by atoms with van der Waals surface area (Å²) in [6, 6.07) is 0. The second-order valence-electron chi connectivity index (χ2n) is 21.0. The maximum Gasteiger partial charge on any atom is 0.306 e. The van der Waals surface area contributed by atoms with E-state index in [1.165, 1.54) is 180 Å². The zero-order valence-electron chi connectivity index (χ0n) is 46.5. The van der Waals surface area contributed by atoms with Gasteiger partial charge in [-0.2, -0.15) is 0 Å². The van der Waals surface area contributed by atoms with Crippen LogP contribution in [-0.2, 0) is 32.7 Å². The van der Waals surface area contributed by atoms with E-state index in [1.807, 2.05) is 21.1 Å². The number of likely N-dealkylation sites (N-methyl/N-ethyl adjacent to an activating group) is 1. The number of carbonyl (C=O) groups excluding carboxylic acids is 2. The molecule has 0 aromatic rings. The molecule has 0 aromatic heterocycles. The number of ether oxygens (including phenoxy) is 2. The number of phosphoric acid groups is 1. The smallest absolute Gasteiger partial charge is 0.306 e. The van der Waals surface area contributed by atoms with Crippen LogP contribution in [0.2, 0.25) is 0 Å². The van der Waals surface area contributed by atoms with Gasteiger partial charge in [-0.15, -0.1) is 0 Å². The fraction of sp³-hybridized carbons (Fsp3) is 0.833. The average molecular weight is 1010 g/mol. The number of allylic oxidation sites excluding steroid dienone is 8. The van der Waals surface area contributed by atoms with Gasteiger partial charge in [0.05, 0.1) is 27.7 Å². The van der Waals surface area contributed by atoms with Crippen molar-refractivity contribution in [1.29, 1.82) is 0 Å². The highest BCUT2D eigenvalue weighted by atomic mass is 31.2. The molecule has 0 heterocycles. The van der Waals surface area contributed by atoms with Gasteiger partial charge in [0.1, 0.15) is 19.8 Å². The van der Waals surface area contributed by atoms with E-state index in [0.29, 0.717) is 17.4 Å². The maximum atomic E-state index is 12.8. The Hall–Kier alpha value is -2.03. The molecule has 0 aliphatic heterocycles. The molecule has 0 aliphatic carbocycles. The van der Waals surface area contributed by atoms with E-state index in [-0.39, 0.29) is 32.0 Å². The van der Waals surface area contributed by atoms with Crippen molar-refractivity contribution >= 4 is 19.8 Å². The molecule has 0 aliphatic rings. The molecule has 0 saturated heterocycles. The number of esters is 2. The lowest BCUT2D eigenvalue weighted by atomic mass is 10.0. The van der Waals surface area contributed by atoms with E-state index >= 15 is 0 Å². The van der Waals surface area contributed by atoms with E-state index < -0.39 is 26.5 Å². The molecule has 2 unspecified atom stereocenters. The van der Waals surface area contributed by atoms with Crippen molar-refractivity contribution in [2.24, 2.45) is 0 Å². The molecule has 2 atom stereocenters. The van der Waals surface area contributed by atoms with Gasteiger partial charge in [0, 0.05) is 12.8 Å². The van der Waals surface area contributed by atoms with Crippen LogP contribution in [0.5, 0.6) is 0 Å². The summed E-state index contributed by atoms with van der Waals surface area (Å²) in [6.45, 7) is 4.25. The fourth-order valence-electron chi connectivity index (χ4n) is 8.25. The Balaban J connectivity index is 4.17. The standard InChI is InChI=1S/C60H112NO8P/c1-6-8-10-12-14-16-18-20-22-24-26-28-29-30-31-33-35-37-39-41-43-45-47-49-51-53-60(63)69-58(57-68-70(64,65)67-55-54-61(3,4)5)56-66-59(62)52-50-48-46-44-42-40-38-36-34-32-27-25-23-21-19-17-15-13-11-9-7-2/h18,20,24-27,29-30,58H,6-17,19,21-23,28,31-57H2,1-5H3/b20-18-,26-24-,27-25-,30-29-. The van der Waals surface area contributed by atoms with Crippen LogP contribution in [0, 0.1) is 0 Å². The second-order valence-corrected chi connectivity index (χ2v) is 22.4. The van der Waals surface area contributed by atoms with E-state index in [9.17, 15) is 19.0 Å². The quantitative estimate of drug-likeness (QED) is 0.0195. The molecule has 70 heavy (non-hydrogen) atoms. The first-order valence-electron chi connectivity index (χ1n) is 29.3. The normalized spacial score (nSPS) is 13.6. The Labute approximate surface area is 433 Å². The van der Waals surface area contributed by atoms with Gasteiger partial charge in [-0.25, -0.2) is 0 Å². The molecule has 0 saturated carbocycles. The minimum Gasteiger partial charge on any atom is -0.756 e. The Morgan fingerprint density at radius 1 is 0.443 bits per heavy atom. The Morgan fingerprint density at radius 3 is 1.16 bits per heavy atom. The van der Waals surface area contributed by atoms with Gasteiger partial charge in [-0.3, -0.25) is 14.2 Å². The number of unbranched alkanes of at least 4 members (excludes halogenated alkanes) is 32. The van der Waals surface area contributed by atoms with Crippen LogP contribution in [0.4, 0.5) is 0 Å². The highest BCUT2D eigenvalue weighted by Crippen LogP contribution is 2.38. The summed E-state index contributed by atoms with van der Waals surface area (Å²) in [4.78, 5) is 37.9. The Kier molecular flexibility index (Phi) is 50.4. The van der Waals surface area contributed by atoms with E-state index in [1.54, 1.807) is 0 Å². The topological polar surface area (TPSA) is 111 Å². The zero-order valence-corrected chi connectivity index (χ0v) is 47.4. The van der Waals surface area contributed by atoms with Crippen molar-refractivity contribution in [2.75, 3.05) is 47.5 Å². The SMILES string of the molecule is CCCCCCC/C=C\C/C=C\C/C=C\CCCCCCCCCCCCC(=O)OC(COC(=O)CCCCCCCCCCC/C=C\CCCCCCCCCC)COP(=O)([O-])OCC[N+](C)(C)C. The first-order valence-corrected chi connectivity index (χ1v) is 30.8. The van der Waals surface area contributed by atoms with Gasteiger partial charge in [-0.05, 0) is 77.0 Å². The van der Waals surface area contributed by atoms with Gasteiger partial charge >= 0.3 is 11.9 Å². The van der Waals surface area contributed by atoms with Crippen LogP contribution in [0.1, 0.15) is 271 Å². The Morgan fingerprint density at radius 2 is 0.771 bits per heavy atom. The fourth-order valence-corrected chi connectivity index (χ4v) is 8.98. The molecule has 9 nitrogen and oxygen atoms in total. The van der Waals surface area contributed by atoms with Crippen molar-refractivity contribution in [1.82, 2.24) is 0 Å². The summed E-state index contributed by atoms with van der Waals surface area (Å²) in [5.74, 6) is -0.832. The molecule has 10 heteroatoms. The summed E-state index contributed by atoms with van der Waals surface area (Å²) < 4.78 is 34.2. The first kappa shape index (κ1) is 68.0. The third-order valence-corrected chi connectivity index (χ3v) is 13.8. The maximum absolute atomic E-state index is 12.8. The molecule has 0 radical (unpaired) electrons. The summed E-state index contributed by atoms with van der Waals surface area (Å²) in [5, 5.41) is 0. The lowest BCUT2D eigenvalue weighted by molar-refractivity contribution is -0.870. The van der Waals surface area contributed by atoms with Crippen molar-refractivity contribution < 1.29 is 42.1 Å². The highest BCUT2D eigenvalue weighted by molar-refractivity contribution is 7.45. The Bertz CT molecular complexity index is 1320. The number of quaternary nitrogens is 1. The number of phosphoric ester groups is 1. The third-order valence-electron chi connectivity index (χ3n) is 12.8. The number of hydrogen-bond acceptors (Lipinski definition) is 8. The monoisotopic (exact) mass is 1010 g/mol. The van der Waals surface area contributed by atoms with Gasteiger partial charge < -0.3 is 27.9 Å². The van der Waals surface area contributed by atoms with Crippen molar-refractivity contribution in [3.05, 3.63) is 48.6 Å². The summed E-state index contributed by atoms with van der Waals surface area (Å²) >= 11 is 0. The number of nitrogens with zero attached hydrogens (tertiary/aromatic N) is 1. The minimum atomic E-state index is -4.64. The van der Waals surface area contributed by atoms with Crippen LogP contribution in [0.3, 0.4) is 0 Å². The van der Waals surface area contributed by atoms with E-state index in [4.69, 9.17) is 18.5 Å². The van der Waals surface area contributed by atoms with Gasteiger partial charge in [0.25, 0.3) is 7.82 Å². The number of hydrogen-bond donors (Lipinski definition) is 0. The lowest BCUT2D eigenvalue weighted by Crippen LogP contribution is -2.37. The molecule has 0 spiro atoms. The molecular weight excluding hydrogens is 894 g/mol. The molecule has 0 fully saturated rings. The largest absolute Gasteiger partial charge is 0.756 e. The summed E-state index contributed by atoms with van der Waals surface area (Å²) in [6.07, 6.45) is 64.3. The molecular formula is C60H112NO8P. The zero-order chi connectivity index (χ0) is 51.3. The van der Waals surface area contributed by atoms with Crippen LogP contribution in [0.15, 0.2) is 48.6 Å². The number of carbonyl (C=O) groups is 2. The van der Waals surface area contributed by atoms with Crippen molar-refractivity contribution in [3.63, 3.8) is 0 Å². The van der Waals surface area contributed by atoms with E-state index in [0.717, 1.165) is 57.8 Å². The predicted molar refractivity (Wildman–Crippen MR) is 296 cm³/mol. The van der Waals surface area contributed by atoms with Crippen molar-refractivity contribution in [3.8, 4) is 0 Å². The van der Waals surface area contributed by atoms with Gasteiger partial charge in [0.15, 0.2) is 6.10 Å². The highest BCUT2D eigenvalue weighted by Gasteiger charge is 2.22. The molecule has 410 valence electrons.